The van der Waals surface area contributed by atoms with Crippen LogP contribution in [0.3, 0.4) is 0 Å². The van der Waals surface area contributed by atoms with Gasteiger partial charge in [0.05, 0.1) is 24.3 Å². The van der Waals surface area contributed by atoms with Crippen LogP contribution in [-0.2, 0) is 9.59 Å². The Morgan fingerprint density at radius 1 is 1.13 bits per heavy atom. The van der Waals surface area contributed by atoms with Crippen LogP contribution in [0.4, 0.5) is 0 Å². The number of aliphatic hydroxyl groups excluding tert-OH is 1. The molecule has 1 aliphatic heterocycles. The number of rotatable bonds is 6. The zero-order valence-electron chi connectivity index (χ0n) is 17.5. The van der Waals surface area contributed by atoms with E-state index in [1.807, 2.05) is 50.2 Å². The molecule has 0 aliphatic carbocycles. The van der Waals surface area contributed by atoms with Crippen LogP contribution >= 0.6 is 0 Å². The van der Waals surface area contributed by atoms with Crippen molar-refractivity contribution in [3.8, 4) is 11.5 Å². The van der Waals surface area contributed by atoms with Gasteiger partial charge >= 0.3 is 0 Å². The lowest BCUT2D eigenvalue weighted by atomic mass is 9.94. The Bertz CT molecular complexity index is 995. The van der Waals surface area contributed by atoms with Gasteiger partial charge in [-0.1, -0.05) is 29.8 Å². The number of ketones is 1. The SMILES string of the molecule is COc1ccc(C(O)=C2C(=O)C(=O)N(CCN(C)C)[C@H]2c2ccc(C)cc2)c(O)c1. The Labute approximate surface area is 175 Å². The smallest absolute Gasteiger partial charge is 0.295 e. The van der Waals surface area contributed by atoms with E-state index in [1.165, 1.54) is 24.1 Å². The first-order valence-corrected chi connectivity index (χ1v) is 9.61. The Morgan fingerprint density at radius 2 is 1.80 bits per heavy atom. The molecular formula is C23H26N2O5. The van der Waals surface area contributed by atoms with Gasteiger partial charge in [-0.2, -0.15) is 0 Å². The number of benzene rings is 2. The molecule has 1 saturated heterocycles. The van der Waals surface area contributed by atoms with Crippen molar-refractivity contribution in [2.75, 3.05) is 34.3 Å². The van der Waals surface area contributed by atoms with Crippen LogP contribution in [0.1, 0.15) is 22.7 Å². The van der Waals surface area contributed by atoms with Crippen LogP contribution in [0.25, 0.3) is 5.76 Å². The number of nitrogens with zero attached hydrogens (tertiary/aromatic N) is 2. The predicted molar refractivity (Wildman–Crippen MR) is 113 cm³/mol. The largest absolute Gasteiger partial charge is 0.507 e. The third-order valence-electron chi connectivity index (χ3n) is 5.18. The number of carbonyl (C=O) groups is 2. The van der Waals surface area contributed by atoms with Crippen LogP contribution < -0.4 is 4.74 Å². The molecule has 2 N–H and O–H groups in total. The number of likely N-dealkylation sites (N-methyl/N-ethyl adjacent to an activating group) is 1. The topological polar surface area (TPSA) is 90.3 Å². The molecule has 0 aromatic heterocycles. The molecule has 3 rings (SSSR count). The zero-order chi connectivity index (χ0) is 22.0. The van der Waals surface area contributed by atoms with Crippen LogP contribution in [-0.4, -0.2) is 66.0 Å². The lowest BCUT2D eigenvalue weighted by Crippen LogP contribution is -2.35. The number of ether oxygens (including phenoxy) is 1. The first-order valence-electron chi connectivity index (χ1n) is 9.61. The maximum atomic E-state index is 12.9. The number of methoxy groups -OCH3 is 1. The van der Waals surface area contributed by atoms with Gasteiger partial charge in [0.25, 0.3) is 11.7 Å². The summed E-state index contributed by atoms with van der Waals surface area (Å²) in [6, 6.07) is 11.1. The summed E-state index contributed by atoms with van der Waals surface area (Å²) in [4.78, 5) is 29.2. The summed E-state index contributed by atoms with van der Waals surface area (Å²) in [7, 11) is 5.22. The first-order chi connectivity index (χ1) is 14.2. The molecule has 2 aromatic carbocycles. The molecular weight excluding hydrogens is 384 g/mol. The van der Waals surface area contributed by atoms with E-state index in [1.54, 1.807) is 6.07 Å². The molecule has 7 heteroatoms. The summed E-state index contributed by atoms with van der Waals surface area (Å²) >= 11 is 0. The van der Waals surface area contributed by atoms with Gasteiger partial charge in [0.1, 0.15) is 17.3 Å². The number of hydrogen-bond donors (Lipinski definition) is 2. The molecule has 0 radical (unpaired) electrons. The van der Waals surface area contributed by atoms with Gasteiger partial charge < -0.3 is 24.7 Å². The van der Waals surface area contributed by atoms with Crippen LogP contribution in [0.15, 0.2) is 48.0 Å². The number of carbonyl (C=O) groups excluding carboxylic acids is 2. The van der Waals surface area contributed by atoms with E-state index in [4.69, 9.17) is 4.74 Å². The van der Waals surface area contributed by atoms with Gasteiger partial charge in [-0.05, 0) is 38.7 Å². The van der Waals surface area contributed by atoms with Crippen molar-refractivity contribution >= 4 is 17.4 Å². The van der Waals surface area contributed by atoms with Gasteiger partial charge in [-0.15, -0.1) is 0 Å². The second-order valence-corrected chi connectivity index (χ2v) is 7.59. The average Bonchev–Trinajstić information content (AvgIpc) is 2.96. The summed E-state index contributed by atoms with van der Waals surface area (Å²) in [5.41, 5.74) is 1.78. The molecule has 0 saturated carbocycles. The van der Waals surface area contributed by atoms with Crippen molar-refractivity contribution in [3.63, 3.8) is 0 Å². The maximum absolute atomic E-state index is 12.9. The monoisotopic (exact) mass is 410 g/mol. The van der Waals surface area contributed by atoms with Crippen molar-refractivity contribution in [2.24, 2.45) is 0 Å². The third-order valence-corrected chi connectivity index (χ3v) is 5.18. The number of Topliss-reactive ketones (excluding diaryl/α,β-unsaturated/α-hetero) is 1. The number of aryl methyl sites for hydroxylation is 1. The molecule has 0 spiro atoms. The normalized spacial score (nSPS) is 18.3. The highest BCUT2D eigenvalue weighted by molar-refractivity contribution is 6.46. The molecule has 30 heavy (non-hydrogen) atoms. The van der Waals surface area contributed by atoms with E-state index in [2.05, 4.69) is 0 Å². The average molecular weight is 410 g/mol. The summed E-state index contributed by atoms with van der Waals surface area (Å²) in [6.45, 7) is 2.83. The van der Waals surface area contributed by atoms with Crippen LogP contribution in [0, 0.1) is 6.92 Å². The number of hydrogen-bond acceptors (Lipinski definition) is 6. The Balaban J connectivity index is 2.16. The standard InChI is InChI=1S/C23H26N2O5/c1-14-5-7-15(8-6-14)20-19(22(28)23(29)25(20)12-11-24(2)3)21(27)17-10-9-16(30-4)13-18(17)26/h5-10,13,20,26-27H,11-12H2,1-4H3/t20-/m0/s1. The first kappa shape index (κ1) is 21.4. The number of phenols is 1. The lowest BCUT2D eigenvalue weighted by Gasteiger charge is -2.26. The third kappa shape index (κ3) is 4.02. The molecule has 1 amide bonds. The lowest BCUT2D eigenvalue weighted by molar-refractivity contribution is -0.140. The number of amides is 1. The molecule has 2 aromatic rings. The maximum Gasteiger partial charge on any atom is 0.295 e. The van der Waals surface area contributed by atoms with Gasteiger partial charge in [0.2, 0.25) is 0 Å². The highest BCUT2D eigenvalue weighted by Crippen LogP contribution is 2.41. The number of aromatic hydroxyl groups is 1. The van der Waals surface area contributed by atoms with Crippen LogP contribution in [0.5, 0.6) is 11.5 Å². The van der Waals surface area contributed by atoms with Crippen LogP contribution in [0.2, 0.25) is 0 Å². The summed E-state index contributed by atoms with van der Waals surface area (Å²) in [5, 5.41) is 21.4. The molecule has 1 fully saturated rings. The van der Waals surface area contributed by atoms with Crippen molar-refractivity contribution in [3.05, 3.63) is 64.7 Å². The second-order valence-electron chi connectivity index (χ2n) is 7.59. The van der Waals surface area contributed by atoms with E-state index >= 15 is 0 Å². The molecule has 1 heterocycles. The van der Waals surface area contributed by atoms with Gasteiger partial charge in [-0.3, -0.25) is 9.59 Å². The molecule has 0 unspecified atom stereocenters. The number of aliphatic hydroxyl groups is 1. The zero-order valence-corrected chi connectivity index (χ0v) is 17.5. The van der Waals surface area contributed by atoms with Crippen molar-refractivity contribution in [2.45, 2.75) is 13.0 Å². The fourth-order valence-electron chi connectivity index (χ4n) is 3.50. The van der Waals surface area contributed by atoms with Crippen molar-refractivity contribution < 1.29 is 24.5 Å². The van der Waals surface area contributed by atoms with E-state index in [9.17, 15) is 19.8 Å². The summed E-state index contributed by atoms with van der Waals surface area (Å²) < 4.78 is 5.07. The van der Waals surface area contributed by atoms with E-state index < -0.39 is 23.5 Å². The Hall–Kier alpha value is -3.32. The Morgan fingerprint density at radius 3 is 2.37 bits per heavy atom. The minimum absolute atomic E-state index is 0.0388. The fraction of sp³-hybridized carbons (Fsp3) is 0.304. The molecule has 1 atom stereocenters. The quantitative estimate of drug-likeness (QED) is 0.432. The Kier molecular flexibility index (Phi) is 6.12. The minimum Gasteiger partial charge on any atom is -0.507 e. The highest BCUT2D eigenvalue weighted by atomic mass is 16.5. The minimum atomic E-state index is -0.771. The van der Waals surface area contributed by atoms with Gasteiger partial charge in [-0.25, -0.2) is 0 Å². The molecule has 1 aliphatic rings. The summed E-state index contributed by atoms with van der Waals surface area (Å²) in [5.74, 6) is -1.69. The van der Waals surface area contributed by atoms with Gasteiger partial charge in [0.15, 0.2) is 0 Å². The van der Waals surface area contributed by atoms with Crippen molar-refractivity contribution in [1.29, 1.82) is 0 Å². The fourth-order valence-corrected chi connectivity index (χ4v) is 3.50. The second kappa shape index (κ2) is 8.59. The highest BCUT2D eigenvalue weighted by Gasteiger charge is 2.46. The van der Waals surface area contributed by atoms with Gasteiger partial charge in [0, 0.05) is 19.2 Å². The van der Waals surface area contributed by atoms with E-state index in [-0.39, 0.29) is 16.9 Å². The molecule has 0 bridgehead atoms. The number of likely N-dealkylation sites (tertiary alicyclic amines) is 1. The van der Waals surface area contributed by atoms with E-state index in [0.29, 0.717) is 24.4 Å². The predicted octanol–water partition coefficient (Wildman–Crippen LogP) is 2.69. The number of phenolic OH excluding ortho intramolecular Hbond substituents is 1. The van der Waals surface area contributed by atoms with Crippen molar-refractivity contribution in [1.82, 2.24) is 9.80 Å². The molecule has 7 nitrogen and oxygen atoms in total. The molecule has 158 valence electrons. The summed E-state index contributed by atoms with van der Waals surface area (Å²) in [6.07, 6.45) is 0. The van der Waals surface area contributed by atoms with E-state index in [0.717, 1.165) is 5.56 Å².